The molecule has 0 radical (unpaired) electrons. The molecule has 4 aromatic carbocycles. The number of rotatable bonds is 3. The third kappa shape index (κ3) is 5.24. The van der Waals surface area contributed by atoms with E-state index in [1.165, 1.54) is 0 Å². The van der Waals surface area contributed by atoms with Gasteiger partial charge < -0.3 is 0 Å². The second-order valence-corrected chi connectivity index (χ2v) is 11.2. The summed E-state index contributed by atoms with van der Waals surface area (Å²) in [7, 11) is 0. The highest BCUT2D eigenvalue weighted by Crippen LogP contribution is 2.46. The van der Waals surface area contributed by atoms with E-state index in [4.69, 9.17) is 116 Å². The Labute approximate surface area is 246 Å². The SMILES string of the molecule is Clc1cc(Cl)c(-c2cc(Cl)c(-c3cc(Cl)c(-c4cc(Cl)c(Cl)cc4Cl)cc3Cl)cc2Cl)cc1Cl. The Balaban J connectivity index is 1.84. The highest BCUT2D eigenvalue weighted by Gasteiger charge is 2.19. The normalized spacial score (nSPS) is 11.2. The molecule has 0 nitrogen and oxygen atoms in total. The smallest absolute Gasteiger partial charge is 0.0607 e. The van der Waals surface area contributed by atoms with Gasteiger partial charge in [-0.15, -0.1) is 0 Å². The van der Waals surface area contributed by atoms with Gasteiger partial charge in [0.05, 0.1) is 30.1 Å². The first kappa shape index (κ1) is 26.8. The van der Waals surface area contributed by atoms with Crippen molar-refractivity contribution in [1.82, 2.24) is 0 Å². The molecule has 0 aromatic heterocycles. The number of hydrogen-bond acceptors (Lipinski definition) is 0. The molecular weight excluding hydrogens is 643 g/mol. The van der Waals surface area contributed by atoms with Crippen molar-refractivity contribution in [2.45, 2.75) is 0 Å². The molecule has 174 valence electrons. The fraction of sp³-hybridized carbons (Fsp3) is 0. The largest absolute Gasteiger partial charge is 0.0836 e. The minimum absolute atomic E-state index is 0.331. The molecule has 10 heteroatoms. The zero-order valence-corrected chi connectivity index (χ0v) is 24.0. The van der Waals surface area contributed by atoms with Crippen LogP contribution in [0.25, 0.3) is 33.4 Å². The Hall–Kier alpha value is -0.220. The first-order valence-corrected chi connectivity index (χ1v) is 13.0. The molecule has 0 heterocycles. The Morgan fingerprint density at radius 1 is 0.206 bits per heavy atom. The molecule has 0 bridgehead atoms. The summed E-state index contributed by atoms with van der Waals surface area (Å²) in [6.45, 7) is 0. The highest BCUT2D eigenvalue weighted by atomic mass is 35.5. The van der Waals surface area contributed by atoms with Crippen LogP contribution in [0.3, 0.4) is 0 Å². The lowest BCUT2D eigenvalue weighted by Gasteiger charge is -2.15. The molecule has 0 aliphatic heterocycles. The molecule has 0 saturated carbocycles. The van der Waals surface area contributed by atoms with Crippen molar-refractivity contribution in [2.24, 2.45) is 0 Å². The highest BCUT2D eigenvalue weighted by molar-refractivity contribution is 6.46. The van der Waals surface area contributed by atoms with Crippen molar-refractivity contribution in [2.75, 3.05) is 0 Å². The fourth-order valence-electron chi connectivity index (χ4n) is 3.38. The summed E-state index contributed by atoms with van der Waals surface area (Å²) in [5, 5.41) is 3.60. The fourth-order valence-corrected chi connectivity index (χ4v) is 5.74. The van der Waals surface area contributed by atoms with Gasteiger partial charge in [0.1, 0.15) is 0 Å². The van der Waals surface area contributed by atoms with Crippen molar-refractivity contribution in [3.05, 3.63) is 98.8 Å². The predicted octanol–water partition coefficient (Wildman–Crippen LogP) is 13.2. The van der Waals surface area contributed by atoms with E-state index in [9.17, 15) is 0 Å². The van der Waals surface area contributed by atoms with Crippen LogP contribution >= 0.6 is 116 Å². The van der Waals surface area contributed by atoms with Crippen LogP contribution < -0.4 is 0 Å². The summed E-state index contributed by atoms with van der Waals surface area (Å²) in [5.74, 6) is 0. The summed E-state index contributed by atoms with van der Waals surface area (Å²) < 4.78 is 0. The monoisotopic (exact) mass is 646 g/mol. The summed E-state index contributed by atoms with van der Waals surface area (Å²) >= 11 is 63.6. The van der Waals surface area contributed by atoms with Crippen LogP contribution in [0.1, 0.15) is 0 Å². The minimum atomic E-state index is 0.331. The Morgan fingerprint density at radius 3 is 0.588 bits per heavy atom. The molecule has 4 aromatic rings. The Morgan fingerprint density at radius 2 is 0.353 bits per heavy atom. The van der Waals surface area contributed by atoms with Crippen molar-refractivity contribution in [3.63, 3.8) is 0 Å². The van der Waals surface area contributed by atoms with Gasteiger partial charge in [-0.1, -0.05) is 116 Å². The van der Waals surface area contributed by atoms with E-state index in [0.29, 0.717) is 83.6 Å². The summed E-state index contributed by atoms with van der Waals surface area (Å²) in [5.41, 5.74) is 3.49. The molecule has 0 N–H and O–H groups in total. The molecule has 0 unspecified atom stereocenters. The van der Waals surface area contributed by atoms with Crippen LogP contribution in [0, 0.1) is 0 Å². The summed E-state index contributed by atoms with van der Waals surface area (Å²) in [4.78, 5) is 0. The maximum absolute atomic E-state index is 6.64. The van der Waals surface area contributed by atoms with Crippen LogP contribution in [0.15, 0.2) is 48.5 Å². The van der Waals surface area contributed by atoms with Gasteiger partial charge in [-0.05, 0) is 48.5 Å². The lowest BCUT2D eigenvalue weighted by atomic mass is 9.97. The maximum atomic E-state index is 6.64. The first-order chi connectivity index (χ1) is 16.0. The van der Waals surface area contributed by atoms with E-state index >= 15 is 0 Å². The average Bonchev–Trinajstić information content (AvgIpc) is 2.76. The molecular formula is C24H8Cl10. The van der Waals surface area contributed by atoms with E-state index in [1.807, 2.05) is 0 Å². The number of halogens is 10. The standard InChI is InChI=1S/C24H8Cl10/c25-15-3-11(13-5-21(31)23(33)7-19(13)29)17(27)1-9(15)10-2-18(28)12(4-16(10)26)14-6-22(32)24(34)8-20(14)30/h1-8H. The minimum Gasteiger partial charge on any atom is -0.0836 e. The molecule has 34 heavy (non-hydrogen) atoms. The zero-order valence-electron chi connectivity index (χ0n) is 16.4. The Kier molecular flexibility index (Phi) is 8.40. The van der Waals surface area contributed by atoms with E-state index in [0.717, 1.165) is 0 Å². The number of benzene rings is 4. The van der Waals surface area contributed by atoms with Gasteiger partial charge in [-0.3, -0.25) is 0 Å². The second kappa shape index (κ2) is 10.6. The molecule has 0 fully saturated rings. The quantitative estimate of drug-likeness (QED) is 0.194. The zero-order chi connectivity index (χ0) is 24.9. The van der Waals surface area contributed by atoms with Gasteiger partial charge in [0.25, 0.3) is 0 Å². The first-order valence-electron chi connectivity index (χ1n) is 9.26. The van der Waals surface area contributed by atoms with Gasteiger partial charge in [-0.2, -0.15) is 0 Å². The molecule has 0 saturated heterocycles. The van der Waals surface area contributed by atoms with Crippen molar-refractivity contribution in [3.8, 4) is 33.4 Å². The summed E-state index contributed by atoms with van der Waals surface area (Å²) in [6, 6.07) is 13.1. The predicted molar refractivity (Wildman–Crippen MR) is 153 cm³/mol. The molecule has 0 spiro atoms. The van der Waals surface area contributed by atoms with E-state index in [2.05, 4.69) is 0 Å². The number of hydrogen-bond donors (Lipinski definition) is 0. The van der Waals surface area contributed by atoms with Crippen LogP contribution in [-0.2, 0) is 0 Å². The van der Waals surface area contributed by atoms with Gasteiger partial charge in [0, 0.05) is 53.5 Å². The van der Waals surface area contributed by atoms with Crippen molar-refractivity contribution >= 4 is 116 Å². The van der Waals surface area contributed by atoms with Crippen LogP contribution in [-0.4, -0.2) is 0 Å². The van der Waals surface area contributed by atoms with Gasteiger partial charge in [-0.25, -0.2) is 0 Å². The third-order valence-corrected chi connectivity index (χ3v) is 8.32. The molecule has 0 aliphatic rings. The van der Waals surface area contributed by atoms with Gasteiger partial charge in [0.2, 0.25) is 0 Å². The van der Waals surface area contributed by atoms with Crippen LogP contribution in [0.4, 0.5) is 0 Å². The maximum Gasteiger partial charge on any atom is 0.0607 e. The van der Waals surface area contributed by atoms with Crippen LogP contribution in [0.2, 0.25) is 50.2 Å². The van der Waals surface area contributed by atoms with Gasteiger partial charge >= 0.3 is 0 Å². The molecule has 4 rings (SSSR count). The van der Waals surface area contributed by atoms with E-state index in [-0.39, 0.29) is 0 Å². The molecule has 0 aliphatic carbocycles. The van der Waals surface area contributed by atoms with E-state index < -0.39 is 0 Å². The van der Waals surface area contributed by atoms with Crippen molar-refractivity contribution < 1.29 is 0 Å². The second-order valence-electron chi connectivity index (χ2n) is 7.12. The van der Waals surface area contributed by atoms with Crippen molar-refractivity contribution in [1.29, 1.82) is 0 Å². The molecule has 0 amide bonds. The lowest BCUT2D eigenvalue weighted by Crippen LogP contribution is -1.90. The average molecular weight is 651 g/mol. The lowest BCUT2D eigenvalue weighted by molar-refractivity contribution is 1.57. The van der Waals surface area contributed by atoms with Gasteiger partial charge in [0.15, 0.2) is 0 Å². The third-order valence-electron chi connectivity index (χ3n) is 5.00. The summed E-state index contributed by atoms with van der Waals surface area (Å²) in [6.07, 6.45) is 0. The topological polar surface area (TPSA) is 0 Å². The Bertz CT molecular complexity index is 1350. The molecule has 0 atom stereocenters. The van der Waals surface area contributed by atoms with E-state index in [1.54, 1.807) is 48.5 Å². The van der Waals surface area contributed by atoms with Crippen LogP contribution in [0.5, 0.6) is 0 Å².